The molecule has 0 atom stereocenters. The minimum atomic E-state index is -3.74. The maximum atomic E-state index is 12.1. The summed E-state index contributed by atoms with van der Waals surface area (Å²) in [6, 6.07) is 5.23. The Balaban J connectivity index is 2.20. The molecule has 1 aromatic heterocycles. The maximum absolute atomic E-state index is 12.1. The van der Waals surface area contributed by atoms with Gasteiger partial charge in [-0.15, -0.1) is 11.3 Å². The lowest BCUT2D eigenvalue weighted by atomic mass is 10.2. The van der Waals surface area contributed by atoms with E-state index in [0.29, 0.717) is 0 Å². The lowest BCUT2D eigenvalue weighted by molar-refractivity contribution is 0.0696. The summed E-state index contributed by atoms with van der Waals surface area (Å²) in [6.45, 7) is 1.93. The van der Waals surface area contributed by atoms with Crippen molar-refractivity contribution in [1.29, 1.82) is 0 Å². The molecule has 106 valence electrons. The average Bonchev–Trinajstić information content (AvgIpc) is 2.82. The zero-order valence-electron chi connectivity index (χ0n) is 10.5. The number of rotatable bonds is 5. The third-order valence-corrected chi connectivity index (χ3v) is 4.99. The standard InChI is InChI=1S/C12H12N2O4S2/c1-8-11(19-7-13-8)6-14-20(17,18)10-4-2-3-9(5-10)12(15)16/h2-5,7,14H,6H2,1H3,(H,15,16). The van der Waals surface area contributed by atoms with Crippen molar-refractivity contribution in [3.8, 4) is 0 Å². The van der Waals surface area contributed by atoms with Gasteiger partial charge < -0.3 is 5.11 Å². The van der Waals surface area contributed by atoms with Crippen molar-refractivity contribution in [2.75, 3.05) is 0 Å². The predicted molar refractivity (Wildman–Crippen MR) is 74.3 cm³/mol. The Bertz CT molecular complexity index is 737. The number of aromatic nitrogens is 1. The van der Waals surface area contributed by atoms with E-state index in [1.807, 2.05) is 0 Å². The molecule has 1 aromatic carbocycles. The number of hydrogen-bond acceptors (Lipinski definition) is 5. The highest BCUT2D eigenvalue weighted by Gasteiger charge is 2.16. The van der Waals surface area contributed by atoms with Crippen molar-refractivity contribution in [3.63, 3.8) is 0 Å². The molecular formula is C12H12N2O4S2. The monoisotopic (exact) mass is 312 g/mol. The molecule has 8 heteroatoms. The Kier molecular flexibility index (Phi) is 4.17. The number of aryl methyl sites for hydroxylation is 1. The predicted octanol–water partition coefficient (Wildman–Crippen LogP) is 1.63. The Morgan fingerprint density at radius 1 is 1.45 bits per heavy atom. The molecule has 2 aromatic rings. The first-order chi connectivity index (χ1) is 9.40. The molecule has 6 nitrogen and oxygen atoms in total. The van der Waals surface area contributed by atoms with Crippen LogP contribution in [0.2, 0.25) is 0 Å². The first-order valence-corrected chi connectivity index (χ1v) is 7.98. The summed E-state index contributed by atoms with van der Waals surface area (Å²) < 4.78 is 26.6. The van der Waals surface area contributed by atoms with Crippen LogP contribution in [0.15, 0.2) is 34.7 Å². The van der Waals surface area contributed by atoms with Crippen LogP contribution in [-0.4, -0.2) is 24.5 Å². The van der Waals surface area contributed by atoms with Crippen molar-refractivity contribution in [1.82, 2.24) is 9.71 Å². The van der Waals surface area contributed by atoms with Crippen LogP contribution in [0.1, 0.15) is 20.9 Å². The van der Waals surface area contributed by atoms with Gasteiger partial charge in [0.1, 0.15) is 0 Å². The van der Waals surface area contributed by atoms with Crippen molar-refractivity contribution in [3.05, 3.63) is 45.9 Å². The van der Waals surface area contributed by atoms with E-state index in [-0.39, 0.29) is 17.0 Å². The Hall–Kier alpha value is -1.77. The molecule has 2 rings (SSSR count). The molecule has 0 aliphatic heterocycles. The zero-order chi connectivity index (χ0) is 14.8. The summed E-state index contributed by atoms with van der Waals surface area (Å²) in [5.41, 5.74) is 2.35. The molecule has 0 spiro atoms. The van der Waals surface area contributed by atoms with E-state index in [2.05, 4.69) is 9.71 Å². The van der Waals surface area contributed by atoms with Gasteiger partial charge in [0.2, 0.25) is 10.0 Å². The van der Waals surface area contributed by atoms with Gasteiger partial charge in [0, 0.05) is 11.4 Å². The molecule has 1 heterocycles. The number of sulfonamides is 1. The minimum Gasteiger partial charge on any atom is -0.478 e. The number of hydrogen-bond donors (Lipinski definition) is 2. The molecule has 0 bridgehead atoms. The second kappa shape index (κ2) is 5.70. The average molecular weight is 312 g/mol. The van der Waals surface area contributed by atoms with Crippen molar-refractivity contribution in [2.45, 2.75) is 18.4 Å². The summed E-state index contributed by atoms with van der Waals surface area (Å²) in [5.74, 6) is -1.17. The molecule has 0 aliphatic rings. The third-order valence-electron chi connectivity index (χ3n) is 2.66. The van der Waals surface area contributed by atoms with E-state index < -0.39 is 16.0 Å². The van der Waals surface area contributed by atoms with Gasteiger partial charge in [0.15, 0.2) is 0 Å². The summed E-state index contributed by atoms with van der Waals surface area (Å²) in [4.78, 5) is 15.6. The fourth-order valence-corrected chi connectivity index (χ4v) is 3.39. The van der Waals surface area contributed by atoms with E-state index in [1.165, 1.54) is 29.5 Å². The Labute approximate surface area is 120 Å². The fourth-order valence-electron chi connectivity index (χ4n) is 1.54. The highest BCUT2D eigenvalue weighted by atomic mass is 32.2. The normalized spacial score (nSPS) is 11.4. The van der Waals surface area contributed by atoms with E-state index in [4.69, 9.17) is 5.11 Å². The quantitative estimate of drug-likeness (QED) is 0.874. The number of benzene rings is 1. The number of nitrogens with zero attached hydrogens (tertiary/aromatic N) is 1. The largest absolute Gasteiger partial charge is 0.478 e. The molecule has 20 heavy (non-hydrogen) atoms. The van der Waals surface area contributed by atoms with Gasteiger partial charge in [-0.25, -0.2) is 22.9 Å². The van der Waals surface area contributed by atoms with Crippen LogP contribution in [0.25, 0.3) is 0 Å². The van der Waals surface area contributed by atoms with Gasteiger partial charge in [-0.2, -0.15) is 0 Å². The molecular weight excluding hydrogens is 300 g/mol. The Morgan fingerprint density at radius 2 is 2.20 bits per heavy atom. The number of carboxylic acid groups (broad SMARTS) is 1. The SMILES string of the molecule is Cc1ncsc1CNS(=O)(=O)c1cccc(C(=O)O)c1. The van der Waals surface area contributed by atoms with Crippen molar-refractivity contribution in [2.24, 2.45) is 0 Å². The first kappa shape index (κ1) is 14.6. The van der Waals surface area contributed by atoms with E-state index >= 15 is 0 Å². The van der Waals surface area contributed by atoms with Crippen LogP contribution in [-0.2, 0) is 16.6 Å². The van der Waals surface area contributed by atoms with Crippen LogP contribution in [0.3, 0.4) is 0 Å². The molecule has 2 N–H and O–H groups in total. The highest BCUT2D eigenvalue weighted by molar-refractivity contribution is 7.89. The first-order valence-electron chi connectivity index (χ1n) is 5.62. The lowest BCUT2D eigenvalue weighted by Gasteiger charge is -2.06. The van der Waals surface area contributed by atoms with Crippen LogP contribution in [0, 0.1) is 6.92 Å². The number of thiazole rings is 1. The molecule has 0 fully saturated rings. The van der Waals surface area contributed by atoms with Crippen LogP contribution < -0.4 is 4.72 Å². The van der Waals surface area contributed by atoms with Crippen LogP contribution in [0.5, 0.6) is 0 Å². The van der Waals surface area contributed by atoms with Crippen molar-refractivity contribution >= 4 is 27.3 Å². The van der Waals surface area contributed by atoms with E-state index in [9.17, 15) is 13.2 Å². The highest BCUT2D eigenvalue weighted by Crippen LogP contribution is 2.15. The summed E-state index contributed by atoms with van der Waals surface area (Å²) in [6.07, 6.45) is 0. The van der Waals surface area contributed by atoms with Crippen LogP contribution in [0.4, 0.5) is 0 Å². The zero-order valence-corrected chi connectivity index (χ0v) is 12.2. The number of nitrogens with one attached hydrogen (secondary N) is 1. The van der Waals surface area contributed by atoms with Gasteiger partial charge in [-0.05, 0) is 25.1 Å². The van der Waals surface area contributed by atoms with Gasteiger partial charge in [-0.3, -0.25) is 0 Å². The topological polar surface area (TPSA) is 96.4 Å². The smallest absolute Gasteiger partial charge is 0.335 e. The number of carbonyl (C=O) groups is 1. The number of carboxylic acids is 1. The summed E-state index contributed by atoms with van der Waals surface area (Å²) in [7, 11) is -3.74. The molecule has 0 amide bonds. The van der Waals surface area contributed by atoms with Gasteiger partial charge in [0.25, 0.3) is 0 Å². The Morgan fingerprint density at radius 3 is 2.80 bits per heavy atom. The minimum absolute atomic E-state index is 0.0677. The molecule has 0 saturated carbocycles. The van der Waals surface area contributed by atoms with Gasteiger partial charge in [0.05, 0.1) is 21.7 Å². The van der Waals surface area contributed by atoms with E-state index in [1.54, 1.807) is 12.4 Å². The second-order valence-corrected chi connectivity index (χ2v) is 6.72. The molecule has 0 saturated heterocycles. The number of aromatic carboxylic acids is 1. The fraction of sp³-hybridized carbons (Fsp3) is 0.167. The van der Waals surface area contributed by atoms with Gasteiger partial charge >= 0.3 is 5.97 Å². The summed E-state index contributed by atoms with van der Waals surface area (Å²) >= 11 is 1.36. The van der Waals surface area contributed by atoms with Crippen molar-refractivity contribution < 1.29 is 18.3 Å². The molecule has 0 aliphatic carbocycles. The lowest BCUT2D eigenvalue weighted by Crippen LogP contribution is -2.23. The third kappa shape index (κ3) is 3.21. The second-order valence-electron chi connectivity index (χ2n) is 4.02. The van der Waals surface area contributed by atoms with Gasteiger partial charge in [-0.1, -0.05) is 6.07 Å². The summed E-state index contributed by atoms with van der Waals surface area (Å²) in [5, 5.41) is 8.87. The van der Waals surface area contributed by atoms with E-state index in [0.717, 1.165) is 16.6 Å². The maximum Gasteiger partial charge on any atom is 0.335 e. The molecule has 0 radical (unpaired) electrons. The van der Waals surface area contributed by atoms with Crippen LogP contribution >= 0.6 is 11.3 Å². The molecule has 0 unspecified atom stereocenters.